The van der Waals surface area contributed by atoms with Crippen molar-refractivity contribution in [3.05, 3.63) is 64.3 Å². The van der Waals surface area contributed by atoms with Gasteiger partial charge in [-0.05, 0) is 48.7 Å². The molecule has 1 aromatic heterocycles. The molecule has 0 saturated heterocycles. The Kier molecular flexibility index (Phi) is 5.00. The Morgan fingerprint density at radius 3 is 2.56 bits per heavy atom. The molecule has 2 aromatic carbocycles. The molecule has 0 amide bonds. The van der Waals surface area contributed by atoms with Crippen molar-refractivity contribution < 1.29 is 14.6 Å². The highest BCUT2D eigenvalue weighted by Crippen LogP contribution is 2.30. The van der Waals surface area contributed by atoms with Gasteiger partial charge in [-0.25, -0.2) is 0 Å². The molecule has 5 heteroatoms. The van der Waals surface area contributed by atoms with E-state index in [4.69, 9.17) is 21.4 Å². The summed E-state index contributed by atoms with van der Waals surface area (Å²) in [4.78, 5) is 11.1. The van der Waals surface area contributed by atoms with Crippen LogP contribution < -0.4 is 4.74 Å². The van der Waals surface area contributed by atoms with Crippen LogP contribution in [0.1, 0.15) is 23.2 Å². The van der Waals surface area contributed by atoms with E-state index in [-0.39, 0.29) is 6.42 Å². The minimum Gasteiger partial charge on any atom is -0.497 e. The van der Waals surface area contributed by atoms with Gasteiger partial charge in [0.05, 0.1) is 19.0 Å². The SMILES string of the molecule is COc1ccc2c(C)c(CCC(=O)O)n(Cc3ccc(Cl)cc3)c2c1. The minimum absolute atomic E-state index is 0.106. The number of methoxy groups -OCH3 is 1. The molecule has 3 aromatic rings. The molecule has 3 rings (SSSR count). The first-order chi connectivity index (χ1) is 12.0. The number of carboxylic acid groups (broad SMARTS) is 1. The number of aliphatic carboxylic acids is 1. The van der Waals surface area contributed by atoms with Gasteiger partial charge in [0.25, 0.3) is 0 Å². The molecule has 130 valence electrons. The third kappa shape index (κ3) is 3.64. The highest BCUT2D eigenvalue weighted by atomic mass is 35.5. The van der Waals surface area contributed by atoms with Gasteiger partial charge in [-0.2, -0.15) is 0 Å². The number of carbonyl (C=O) groups is 1. The smallest absolute Gasteiger partial charge is 0.303 e. The van der Waals surface area contributed by atoms with Gasteiger partial charge in [0.2, 0.25) is 0 Å². The second-order valence-electron chi connectivity index (χ2n) is 6.06. The quantitative estimate of drug-likeness (QED) is 0.697. The zero-order valence-electron chi connectivity index (χ0n) is 14.3. The van der Waals surface area contributed by atoms with Crippen LogP contribution >= 0.6 is 11.6 Å². The molecule has 1 N–H and O–H groups in total. The summed E-state index contributed by atoms with van der Waals surface area (Å²) in [5, 5.41) is 10.9. The zero-order valence-corrected chi connectivity index (χ0v) is 15.0. The van der Waals surface area contributed by atoms with E-state index in [1.54, 1.807) is 7.11 Å². The highest BCUT2D eigenvalue weighted by Gasteiger charge is 2.16. The Hall–Kier alpha value is -2.46. The lowest BCUT2D eigenvalue weighted by Gasteiger charge is -2.12. The Morgan fingerprint density at radius 1 is 1.20 bits per heavy atom. The topological polar surface area (TPSA) is 51.5 Å². The van der Waals surface area contributed by atoms with Crippen LogP contribution in [0.4, 0.5) is 0 Å². The van der Waals surface area contributed by atoms with Crippen LogP contribution in [0.25, 0.3) is 10.9 Å². The van der Waals surface area contributed by atoms with Gasteiger partial charge in [0.1, 0.15) is 5.75 Å². The summed E-state index contributed by atoms with van der Waals surface area (Å²) in [5.41, 5.74) is 4.32. The first kappa shape index (κ1) is 17.4. The predicted octanol–water partition coefficient (Wildman–Crippen LogP) is 4.68. The third-order valence-electron chi connectivity index (χ3n) is 4.49. The fraction of sp³-hybridized carbons (Fsp3) is 0.250. The summed E-state index contributed by atoms with van der Waals surface area (Å²) < 4.78 is 7.55. The van der Waals surface area contributed by atoms with E-state index < -0.39 is 5.97 Å². The molecular formula is C20H20ClNO3. The summed E-state index contributed by atoms with van der Waals surface area (Å²) in [6.45, 7) is 2.70. The lowest BCUT2D eigenvalue weighted by atomic mass is 10.1. The molecule has 0 bridgehead atoms. The van der Waals surface area contributed by atoms with Crippen molar-refractivity contribution in [1.82, 2.24) is 4.57 Å². The van der Waals surface area contributed by atoms with Crippen LogP contribution in [-0.2, 0) is 17.8 Å². The second kappa shape index (κ2) is 7.19. The molecular weight excluding hydrogens is 338 g/mol. The van der Waals surface area contributed by atoms with Crippen LogP contribution in [-0.4, -0.2) is 22.8 Å². The molecule has 25 heavy (non-hydrogen) atoms. The molecule has 0 saturated carbocycles. The molecule has 1 heterocycles. The van der Waals surface area contributed by atoms with Gasteiger partial charge in [-0.15, -0.1) is 0 Å². The fourth-order valence-corrected chi connectivity index (χ4v) is 3.31. The number of aromatic nitrogens is 1. The number of benzene rings is 2. The number of nitrogens with zero attached hydrogens (tertiary/aromatic N) is 1. The van der Waals surface area contributed by atoms with Crippen molar-refractivity contribution in [2.45, 2.75) is 26.3 Å². The second-order valence-corrected chi connectivity index (χ2v) is 6.50. The summed E-state index contributed by atoms with van der Waals surface area (Å²) >= 11 is 5.98. The van der Waals surface area contributed by atoms with E-state index in [1.165, 1.54) is 0 Å². The number of halogens is 1. The maximum atomic E-state index is 11.1. The van der Waals surface area contributed by atoms with Gasteiger partial charge in [-0.3, -0.25) is 4.79 Å². The number of carboxylic acids is 1. The molecule has 0 unspecified atom stereocenters. The Bertz CT molecular complexity index is 913. The zero-order chi connectivity index (χ0) is 18.0. The van der Waals surface area contributed by atoms with Crippen LogP contribution in [0.2, 0.25) is 5.02 Å². The maximum absolute atomic E-state index is 11.1. The van der Waals surface area contributed by atoms with E-state index in [0.717, 1.165) is 33.5 Å². The van der Waals surface area contributed by atoms with Gasteiger partial charge in [0, 0.05) is 28.7 Å². The van der Waals surface area contributed by atoms with Crippen LogP contribution in [0.15, 0.2) is 42.5 Å². The number of fused-ring (bicyclic) bond motifs is 1. The largest absolute Gasteiger partial charge is 0.497 e. The van der Waals surface area contributed by atoms with Crippen molar-refractivity contribution in [3.8, 4) is 5.75 Å². The third-order valence-corrected chi connectivity index (χ3v) is 4.74. The minimum atomic E-state index is -0.791. The monoisotopic (exact) mass is 357 g/mol. The van der Waals surface area contributed by atoms with Gasteiger partial charge in [0.15, 0.2) is 0 Å². The first-order valence-electron chi connectivity index (χ1n) is 8.11. The van der Waals surface area contributed by atoms with Gasteiger partial charge in [-0.1, -0.05) is 23.7 Å². The van der Waals surface area contributed by atoms with Crippen molar-refractivity contribution in [2.75, 3.05) is 7.11 Å². The molecule has 0 radical (unpaired) electrons. The van der Waals surface area contributed by atoms with Crippen molar-refractivity contribution in [3.63, 3.8) is 0 Å². The fourth-order valence-electron chi connectivity index (χ4n) is 3.18. The van der Waals surface area contributed by atoms with Crippen molar-refractivity contribution in [1.29, 1.82) is 0 Å². The molecule has 0 aliphatic heterocycles. The lowest BCUT2D eigenvalue weighted by Crippen LogP contribution is -2.07. The Morgan fingerprint density at radius 2 is 1.92 bits per heavy atom. The summed E-state index contributed by atoms with van der Waals surface area (Å²) in [6, 6.07) is 13.7. The molecule has 0 spiro atoms. The first-order valence-corrected chi connectivity index (χ1v) is 8.49. The van der Waals surface area contributed by atoms with E-state index in [1.807, 2.05) is 49.4 Å². The van der Waals surface area contributed by atoms with Crippen LogP contribution in [0.5, 0.6) is 5.75 Å². The van der Waals surface area contributed by atoms with Crippen molar-refractivity contribution in [2.24, 2.45) is 0 Å². The Labute approximate surface area is 151 Å². The molecule has 0 atom stereocenters. The van der Waals surface area contributed by atoms with Gasteiger partial charge >= 0.3 is 5.97 Å². The standard InChI is InChI=1S/C20H20ClNO3/c1-13-17-8-7-16(25-2)11-19(17)22(18(13)9-10-20(23)24)12-14-3-5-15(21)6-4-14/h3-8,11H,9-10,12H2,1-2H3,(H,23,24). The van der Waals surface area contributed by atoms with E-state index in [0.29, 0.717) is 18.0 Å². The molecule has 4 nitrogen and oxygen atoms in total. The number of ether oxygens (including phenoxy) is 1. The van der Waals surface area contributed by atoms with E-state index in [2.05, 4.69) is 4.57 Å². The van der Waals surface area contributed by atoms with Crippen LogP contribution in [0, 0.1) is 6.92 Å². The molecule has 0 aliphatic carbocycles. The number of rotatable bonds is 6. The van der Waals surface area contributed by atoms with Crippen LogP contribution in [0.3, 0.4) is 0 Å². The van der Waals surface area contributed by atoms with Gasteiger partial charge < -0.3 is 14.4 Å². The number of aryl methyl sites for hydroxylation is 1. The molecule has 0 aliphatic rings. The summed E-state index contributed by atoms with van der Waals surface area (Å²) in [5.74, 6) is -0.00702. The number of hydrogen-bond donors (Lipinski definition) is 1. The van der Waals surface area contributed by atoms with Crippen molar-refractivity contribution >= 4 is 28.5 Å². The molecule has 0 fully saturated rings. The number of hydrogen-bond acceptors (Lipinski definition) is 2. The normalized spacial score (nSPS) is 11.0. The summed E-state index contributed by atoms with van der Waals surface area (Å²) in [7, 11) is 1.64. The lowest BCUT2D eigenvalue weighted by molar-refractivity contribution is -0.136. The van der Waals surface area contributed by atoms with E-state index in [9.17, 15) is 4.79 Å². The Balaban J connectivity index is 2.11. The predicted molar refractivity (Wildman–Crippen MR) is 99.7 cm³/mol. The summed E-state index contributed by atoms with van der Waals surface area (Å²) in [6.07, 6.45) is 0.598. The maximum Gasteiger partial charge on any atom is 0.303 e. The average Bonchev–Trinajstić information content (AvgIpc) is 2.86. The highest BCUT2D eigenvalue weighted by molar-refractivity contribution is 6.30. The average molecular weight is 358 g/mol. The van der Waals surface area contributed by atoms with E-state index >= 15 is 0 Å².